The molecule has 3 aromatic carbocycles. The molecule has 3 aromatic rings. The van der Waals surface area contributed by atoms with Crippen molar-refractivity contribution in [1.29, 1.82) is 0 Å². The first kappa shape index (κ1) is 20.4. The molecule has 1 unspecified atom stereocenters. The maximum absolute atomic E-state index is 12.6. The molecule has 2 atom stereocenters. The topological polar surface area (TPSA) is 67.4 Å². The SMILES string of the molecule is C[C@H](NCC1CCc2ccc(NS(=O)(=O)c3ccccc3)cc2O1)c1ccccc1. The molecule has 0 spiro atoms. The second kappa shape index (κ2) is 8.90. The average molecular weight is 423 g/mol. The third kappa shape index (κ3) is 4.83. The van der Waals surface area contributed by atoms with E-state index in [2.05, 4.69) is 29.1 Å². The van der Waals surface area contributed by atoms with E-state index in [4.69, 9.17) is 4.74 Å². The summed E-state index contributed by atoms with van der Waals surface area (Å²) in [6.07, 6.45) is 1.88. The van der Waals surface area contributed by atoms with E-state index in [1.54, 1.807) is 42.5 Å². The minimum atomic E-state index is -3.62. The zero-order valence-corrected chi connectivity index (χ0v) is 17.7. The molecule has 4 rings (SSSR count). The van der Waals surface area contributed by atoms with E-state index in [0.29, 0.717) is 5.69 Å². The Balaban J connectivity index is 1.41. The smallest absolute Gasteiger partial charge is 0.261 e. The first-order valence-electron chi connectivity index (χ1n) is 10.2. The van der Waals surface area contributed by atoms with Crippen LogP contribution in [0.2, 0.25) is 0 Å². The van der Waals surface area contributed by atoms with E-state index < -0.39 is 10.0 Å². The number of nitrogens with one attached hydrogen (secondary N) is 2. The molecule has 2 N–H and O–H groups in total. The van der Waals surface area contributed by atoms with Crippen molar-refractivity contribution < 1.29 is 13.2 Å². The first-order valence-corrected chi connectivity index (χ1v) is 11.7. The first-order chi connectivity index (χ1) is 14.5. The van der Waals surface area contributed by atoms with Gasteiger partial charge in [-0.05, 0) is 49.1 Å². The van der Waals surface area contributed by atoms with Crippen LogP contribution in [0.25, 0.3) is 0 Å². The highest BCUT2D eigenvalue weighted by molar-refractivity contribution is 7.92. The molecule has 0 amide bonds. The van der Waals surface area contributed by atoms with Crippen LogP contribution in [0.1, 0.15) is 30.5 Å². The number of benzene rings is 3. The van der Waals surface area contributed by atoms with Crippen molar-refractivity contribution in [3.05, 3.63) is 90.0 Å². The lowest BCUT2D eigenvalue weighted by Crippen LogP contribution is -2.35. The lowest BCUT2D eigenvalue weighted by molar-refractivity contribution is 0.167. The van der Waals surface area contributed by atoms with Crippen LogP contribution in [0.3, 0.4) is 0 Å². The lowest BCUT2D eigenvalue weighted by Gasteiger charge is -2.28. The van der Waals surface area contributed by atoms with Crippen molar-refractivity contribution in [2.75, 3.05) is 11.3 Å². The Morgan fingerprint density at radius 2 is 1.70 bits per heavy atom. The van der Waals surface area contributed by atoms with Gasteiger partial charge in [0.05, 0.1) is 10.6 Å². The zero-order valence-electron chi connectivity index (χ0n) is 16.9. The van der Waals surface area contributed by atoms with Crippen molar-refractivity contribution >= 4 is 15.7 Å². The number of rotatable bonds is 7. The summed E-state index contributed by atoms with van der Waals surface area (Å²) >= 11 is 0. The van der Waals surface area contributed by atoms with Gasteiger partial charge in [0.2, 0.25) is 0 Å². The van der Waals surface area contributed by atoms with Crippen LogP contribution in [0.4, 0.5) is 5.69 Å². The minimum Gasteiger partial charge on any atom is -0.489 e. The molecule has 1 aliphatic rings. The van der Waals surface area contributed by atoms with Gasteiger partial charge in [-0.25, -0.2) is 8.42 Å². The molecule has 1 aliphatic heterocycles. The second-order valence-corrected chi connectivity index (χ2v) is 9.24. The predicted octanol–water partition coefficient (Wildman–Crippen LogP) is 4.53. The van der Waals surface area contributed by atoms with Crippen LogP contribution in [0, 0.1) is 0 Å². The Morgan fingerprint density at radius 1 is 1.00 bits per heavy atom. The summed E-state index contributed by atoms with van der Waals surface area (Å²) in [5.74, 6) is 0.744. The van der Waals surface area contributed by atoms with Crippen LogP contribution >= 0.6 is 0 Å². The summed E-state index contributed by atoms with van der Waals surface area (Å²) in [6.45, 7) is 2.87. The van der Waals surface area contributed by atoms with E-state index in [0.717, 1.165) is 30.7 Å². The van der Waals surface area contributed by atoms with E-state index in [1.807, 2.05) is 24.3 Å². The van der Waals surface area contributed by atoms with Gasteiger partial charge in [0.15, 0.2) is 0 Å². The van der Waals surface area contributed by atoms with Crippen molar-refractivity contribution in [1.82, 2.24) is 5.32 Å². The van der Waals surface area contributed by atoms with E-state index in [1.165, 1.54) is 5.56 Å². The molecule has 0 fully saturated rings. The normalized spacial score (nSPS) is 16.9. The van der Waals surface area contributed by atoms with Gasteiger partial charge in [0.1, 0.15) is 11.9 Å². The summed E-state index contributed by atoms with van der Waals surface area (Å²) in [5, 5.41) is 3.54. The summed E-state index contributed by atoms with van der Waals surface area (Å²) < 4.78 is 34.0. The fourth-order valence-electron chi connectivity index (χ4n) is 3.61. The predicted molar refractivity (Wildman–Crippen MR) is 119 cm³/mol. The molecule has 156 valence electrons. The Hall–Kier alpha value is -2.83. The Labute approximate surface area is 178 Å². The number of anilines is 1. The Kier molecular flexibility index (Phi) is 6.06. The van der Waals surface area contributed by atoms with E-state index in [-0.39, 0.29) is 17.0 Å². The molecular weight excluding hydrogens is 396 g/mol. The van der Waals surface area contributed by atoms with Gasteiger partial charge in [-0.3, -0.25) is 4.72 Å². The van der Waals surface area contributed by atoms with Crippen LogP contribution in [-0.4, -0.2) is 21.1 Å². The molecule has 5 nitrogen and oxygen atoms in total. The molecular formula is C24H26N2O3S. The minimum absolute atomic E-state index is 0.0460. The summed E-state index contributed by atoms with van der Waals surface area (Å²) in [6, 6.07) is 24.4. The molecule has 0 bridgehead atoms. The quantitative estimate of drug-likeness (QED) is 0.587. The number of fused-ring (bicyclic) bond motifs is 1. The van der Waals surface area contributed by atoms with Gasteiger partial charge in [-0.2, -0.15) is 0 Å². The Morgan fingerprint density at radius 3 is 2.43 bits per heavy atom. The maximum atomic E-state index is 12.6. The largest absolute Gasteiger partial charge is 0.489 e. The van der Waals surface area contributed by atoms with Crippen molar-refractivity contribution in [2.45, 2.75) is 36.8 Å². The monoisotopic (exact) mass is 422 g/mol. The van der Waals surface area contributed by atoms with Crippen LogP contribution in [0.5, 0.6) is 5.75 Å². The molecule has 0 saturated carbocycles. The Bertz CT molecular complexity index is 1090. The van der Waals surface area contributed by atoms with E-state index in [9.17, 15) is 8.42 Å². The maximum Gasteiger partial charge on any atom is 0.261 e. The standard InChI is InChI=1S/C24H26N2O3S/c1-18(19-8-4-2-5-9-19)25-17-22-15-13-20-12-14-21(16-24(20)29-22)26-30(27,28)23-10-6-3-7-11-23/h2-12,14,16,18,22,25-26H,13,15,17H2,1H3/t18-,22?/m0/s1. The van der Waals surface area contributed by atoms with Crippen molar-refractivity contribution in [3.8, 4) is 5.75 Å². The molecule has 0 saturated heterocycles. The summed E-state index contributed by atoms with van der Waals surface area (Å²) in [5.41, 5.74) is 2.85. The van der Waals surface area contributed by atoms with Gasteiger partial charge in [0.25, 0.3) is 10.0 Å². The number of aryl methyl sites for hydroxylation is 1. The van der Waals surface area contributed by atoms with Crippen molar-refractivity contribution in [3.63, 3.8) is 0 Å². The van der Waals surface area contributed by atoms with Gasteiger partial charge in [-0.1, -0.05) is 54.6 Å². The van der Waals surface area contributed by atoms with Gasteiger partial charge >= 0.3 is 0 Å². The number of hydrogen-bond donors (Lipinski definition) is 2. The number of sulfonamides is 1. The summed E-state index contributed by atoms with van der Waals surface area (Å²) in [4.78, 5) is 0.237. The fourth-order valence-corrected chi connectivity index (χ4v) is 4.69. The van der Waals surface area contributed by atoms with Crippen molar-refractivity contribution in [2.24, 2.45) is 0 Å². The van der Waals surface area contributed by atoms with Gasteiger partial charge < -0.3 is 10.1 Å². The highest BCUT2D eigenvalue weighted by Crippen LogP contribution is 2.31. The number of ether oxygens (including phenoxy) is 1. The third-order valence-electron chi connectivity index (χ3n) is 5.35. The molecule has 1 heterocycles. The third-order valence-corrected chi connectivity index (χ3v) is 6.75. The fraction of sp³-hybridized carbons (Fsp3) is 0.250. The van der Waals surface area contributed by atoms with Gasteiger partial charge in [0, 0.05) is 18.7 Å². The van der Waals surface area contributed by atoms with Crippen LogP contribution in [-0.2, 0) is 16.4 Å². The summed E-state index contributed by atoms with van der Waals surface area (Å²) in [7, 11) is -3.62. The highest BCUT2D eigenvalue weighted by atomic mass is 32.2. The highest BCUT2D eigenvalue weighted by Gasteiger charge is 2.22. The van der Waals surface area contributed by atoms with Gasteiger partial charge in [-0.15, -0.1) is 0 Å². The van der Waals surface area contributed by atoms with E-state index >= 15 is 0 Å². The van der Waals surface area contributed by atoms with Crippen LogP contribution in [0.15, 0.2) is 83.8 Å². The lowest BCUT2D eigenvalue weighted by atomic mass is 10.0. The molecule has 0 aromatic heterocycles. The zero-order chi connectivity index (χ0) is 21.0. The number of hydrogen-bond acceptors (Lipinski definition) is 4. The molecule has 30 heavy (non-hydrogen) atoms. The molecule has 0 radical (unpaired) electrons. The van der Waals surface area contributed by atoms with Crippen LogP contribution < -0.4 is 14.8 Å². The average Bonchev–Trinajstić information content (AvgIpc) is 2.78. The molecule has 0 aliphatic carbocycles. The second-order valence-electron chi connectivity index (χ2n) is 7.56. The molecule has 6 heteroatoms.